The number of rotatable bonds is 7. The van der Waals surface area contributed by atoms with Gasteiger partial charge in [0.2, 0.25) is 10.0 Å². The molecule has 3 fully saturated rings. The molecular formula is C26H33ClN4O5S. The minimum absolute atomic E-state index is 0.0886. The standard InChI is InChI=1S/C26H33ClN4O5S/c27-21-6-8-22(9-7-21)37(34,35)31-23(20-3-2-12-28-19-20)4-1-5-24(31)26(10-11-26)36-25(33)30-15-13-29(14-16-30)17-18-32/h2-3,6-9,12,19,23-24,32H,1,4-5,10-11,13-18H2/t23-,24+/m0/s1. The summed E-state index contributed by atoms with van der Waals surface area (Å²) in [6.07, 6.45) is 6.33. The number of β-amino-alcohol motifs (C(OH)–C–C–N with tert-alkyl or cyclic N) is 1. The number of sulfonamides is 1. The third-order valence-corrected chi connectivity index (χ3v) is 9.90. The van der Waals surface area contributed by atoms with Gasteiger partial charge in [0.15, 0.2) is 0 Å². The molecule has 2 aliphatic heterocycles. The van der Waals surface area contributed by atoms with E-state index in [4.69, 9.17) is 16.3 Å². The summed E-state index contributed by atoms with van der Waals surface area (Å²) >= 11 is 6.05. The number of hydrogen-bond acceptors (Lipinski definition) is 7. The monoisotopic (exact) mass is 548 g/mol. The third-order valence-electron chi connectivity index (χ3n) is 7.72. The Bertz CT molecular complexity index is 1190. The molecule has 0 radical (unpaired) electrons. The van der Waals surface area contributed by atoms with Gasteiger partial charge in [-0.25, -0.2) is 13.2 Å². The van der Waals surface area contributed by atoms with E-state index in [1.807, 2.05) is 12.1 Å². The first-order valence-corrected chi connectivity index (χ1v) is 14.7. The molecule has 1 aromatic heterocycles. The zero-order valence-electron chi connectivity index (χ0n) is 20.7. The maximum Gasteiger partial charge on any atom is 0.410 e. The van der Waals surface area contributed by atoms with Crippen LogP contribution in [0.4, 0.5) is 4.79 Å². The van der Waals surface area contributed by atoms with Crippen LogP contribution in [-0.4, -0.2) is 89.7 Å². The Hall–Kier alpha value is -2.24. The maximum absolute atomic E-state index is 14.1. The zero-order chi connectivity index (χ0) is 26.0. The number of piperidine rings is 1. The number of nitrogens with zero attached hydrogens (tertiary/aromatic N) is 4. The first-order valence-electron chi connectivity index (χ1n) is 12.8. The average molecular weight is 549 g/mol. The molecule has 1 N–H and O–H groups in total. The van der Waals surface area contributed by atoms with Gasteiger partial charge in [-0.2, -0.15) is 4.31 Å². The number of aromatic nitrogens is 1. The molecule has 2 aromatic rings. The lowest BCUT2D eigenvalue weighted by molar-refractivity contribution is -0.0145. The quantitative estimate of drug-likeness (QED) is 0.566. The molecule has 0 spiro atoms. The number of hydrogen-bond donors (Lipinski definition) is 1. The number of pyridine rings is 1. The van der Waals surface area contributed by atoms with Gasteiger partial charge in [0.05, 0.1) is 23.6 Å². The van der Waals surface area contributed by atoms with Crippen molar-refractivity contribution >= 4 is 27.7 Å². The second-order valence-electron chi connectivity index (χ2n) is 10.0. The lowest BCUT2D eigenvalue weighted by Crippen LogP contribution is -2.55. The minimum atomic E-state index is -3.93. The summed E-state index contributed by atoms with van der Waals surface area (Å²) in [6, 6.07) is 9.04. The van der Waals surface area contributed by atoms with Crippen molar-refractivity contribution in [3.8, 4) is 0 Å². The topological polar surface area (TPSA) is 103 Å². The molecule has 37 heavy (non-hydrogen) atoms. The Balaban J connectivity index is 1.43. The molecule has 5 rings (SSSR count). The van der Waals surface area contributed by atoms with E-state index in [-0.39, 0.29) is 11.5 Å². The SMILES string of the molecule is O=C(OC1([C@H]2CCC[C@@H](c3cccnc3)N2S(=O)(=O)c2ccc(Cl)cc2)CC1)N1CCN(CCO)CC1. The molecule has 3 heterocycles. The van der Waals surface area contributed by atoms with E-state index in [9.17, 15) is 18.3 Å². The number of piperazine rings is 1. The van der Waals surface area contributed by atoms with Crippen LogP contribution in [0.5, 0.6) is 0 Å². The summed E-state index contributed by atoms with van der Waals surface area (Å²) in [5, 5.41) is 9.64. The van der Waals surface area contributed by atoms with Crippen LogP contribution >= 0.6 is 11.6 Å². The highest BCUT2D eigenvalue weighted by Crippen LogP contribution is 2.52. The first-order chi connectivity index (χ1) is 17.8. The summed E-state index contributed by atoms with van der Waals surface area (Å²) in [7, 11) is -3.93. The van der Waals surface area contributed by atoms with Gasteiger partial charge in [0.1, 0.15) is 5.60 Å². The van der Waals surface area contributed by atoms with E-state index in [1.54, 1.807) is 33.7 Å². The number of carbonyl (C=O) groups is 1. The van der Waals surface area contributed by atoms with Crippen molar-refractivity contribution in [3.63, 3.8) is 0 Å². The molecular weight excluding hydrogens is 516 g/mol. The molecule has 1 aromatic carbocycles. The minimum Gasteiger partial charge on any atom is -0.441 e. The molecule has 0 bridgehead atoms. The van der Waals surface area contributed by atoms with Gasteiger partial charge in [-0.15, -0.1) is 0 Å². The van der Waals surface area contributed by atoms with Crippen molar-refractivity contribution in [2.45, 2.75) is 54.7 Å². The summed E-state index contributed by atoms with van der Waals surface area (Å²) in [6.45, 7) is 3.06. The Morgan fingerprint density at radius 2 is 1.84 bits per heavy atom. The summed E-state index contributed by atoms with van der Waals surface area (Å²) in [5.74, 6) is 0. The molecule has 0 unspecified atom stereocenters. The highest BCUT2D eigenvalue weighted by molar-refractivity contribution is 7.89. The van der Waals surface area contributed by atoms with E-state index in [1.165, 1.54) is 12.1 Å². The fourth-order valence-corrected chi connectivity index (χ4v) is 7.63. The Morgan fingerprint density at radius 3 is 2.46 bits per heavy atom. The molecule has 1 amide bonds. The van der Waals surface area contributed by atoms with E-state index in [0.717, 1.165) is 12.0 Å². The maximum atomic E-state index is 14.1. The number of aliphatic hydroxyl groups is 1. The van der Waals surface area contributed by atoms with Gasteiger partial charge in [0, 0.05) is 50.1 Å². The largest absolute Gasteiger partial charge is 0.441 e. The number of halogens is 1. The van der Waals surface area contributed by atoms with Crippen LogP contribution in [0.1, 0.15) is 43.7 Å². The number of aliphatic hydroxyl groups excluding tert-OH is 1. The van der Waals surface area contributed by atoms with E-state index < -0.39 is 33.8 Å². The van der Waals surface area contributed by atoms with Crippen LogP contribution in [-0.2, 0) is 14.8 Å². The van der Waals surface area contributed by atoms with Gasteiger partial charge >= 0.3 is 6.09 Å². The lowest BCUT2D eigenvalue weighted by atomic mass is 9.90. The summed E-state index contributed by atoms with van der Waals surface area (Å²) in [5.41, 5.74) is -0.0217. The Kier molecular flexibility index (Phi) is 7.74. The molecule has 1 aliphatic carbocycles. The third kappa shape index (κ3) is 5.49. The smallest absolute Gasteiger partial charge is 0.410 e. The fourth-order valence-electron chi connectivity index (χ4n) is 5.58. The summed E-state index contributed by atoms with van der Waals surface area (Å²) < 4.78 is 36.0. The Morgan fingerprint density at radius 1 is 1.11 bits per heavy atom. The molecule has 2 atom stereocenters. The Labute approximate surface area is 223 Å². The van der Waals surface area contributed by atoms with E-state index in [0.29, 0.717) is 63.4 Å². The van der Waals surface area contributed by atoms with Crippen molar-refractivity contribution in [2.75, 3.05) is 39.3 Å². The summed E-state index contributed by atoms with van der Waals surface area (Å²) in [4.78, 5) is 21.4. The predicted octanol–water partition coefficient (Wildman–Crippen LogP) is 3.30. The van der Waals surface area contributed by atoms with Gasteiger partial charge in [-0.1, -0.05) is 17.7 Å². The normalized spacial score (nSPS) is 24.5. The van der Waals surface area contributed by atoms with Crippen LogP contribution in [0.2, 0.25) is 5.02 Å². The first kappa shape index (κ1) is 26.4. The fraction of sp³-hybridized carbons (Fsp3) is 0.538. The molecule has 2 saturated heterocycles. The van der Waals surface area contributed by atoms with Crippen molar-refractivity contribution < 1.29 is 23.1 Å². The number of amides is 1. The van der Waals surface area contributed by atoms with Crippen molar-refractivity contribution in [2.24, 2.45) is 0 Å². The van der Waals surface area contributed by atoms with Crippen LogP contribution in [0, 0.1) is 0 Å². The second kappa shape index (κ2) is 10.9. The van der Waals surface area contributed by atoms with Crippen molar-refractivity contribution in [3.05, 3.63) is 59.4 Å². The van der Waals surface area contributed by atoms with Crippen LogP contribution in [0.15, 0.2) is 53.7 Å². The lowest BCUT2D eigenvalue weighted by Gasteiger charge is -2.45. The van der Waals surface area contributed by atoms with Crippen molar-refractivity contribution in [1.29, 1.82) is 0 Å². The van der Waals surface area contributed by atoms with E-state index in [2.05, 4.69) is 9.88 Å². The van der Waals surface area contributed by atoms with E-state index >= 15 is 0 Å². The molecule has 9 nitrogen and oxygen atoms in total. The number of benzene rings is 1. The van der Waals surface area contributed by atoms with Gasteiger partial charge in [0.25, 0.3) is 0 Å². The molecule has 11 heteroatoms. The number of ether oxygens (including phenoxy) is 1. The van der Waals surface area contributed by atoms with Gasteiger partial charge in [-0.05, 0) is 68.0 Å². The second-order valence-corrected chi connectivity index (χ2v) is 12.3. The zero-order valence-corrected chi connectivity index (χ0v) is 22.3. The molecule has 3 aliphatic rings. The van der Waals surface area contributed by atoms with Crippen LogP contribution in [0.3, 0.4) is 0 Å². The molecule has 200 valence electrons. The van der Waals surface area contributed by atoms with Gasteiger partial charge < -0.3 is 14.7 Å². The highest BCUT2D eigenvalue weighted by Gasteiger charge is 2.60. The molecule has 1 saturated carbocycles. The van der Waals surface area contributed by atoms with Gasteiger partial charge in [-0.3, -0.25) is 9.88 Å². The highest BCUT2D eigenvalue weighted by atomic mass is 35.5. The number of carbonyl (C=O) groups excluding carboxylic acids is 1. The van der Waals surface area contributed by atoms with Crippen molar-refractivity contribution in [1.82, 2.24) is 19.1 Å². The predicted molar refractivity (Wildman–Crippen MR) is 139 cm³/mol. The average Bonchev–Trinajstić information content (AvgIpc) is 3.70. The van der Waals surface area contributed by atoms with Crippen LogP contribution in [0.25, 0.3) is 0 Å². The van der Waals surface area contributed by atoms with Crippen LogP contribution < -0.4 is 0 Å².